The number of fused-ring (bicyclic) bond motifs is 1. The van der Waals surface area contributed by atoms with Gasteiger partial charge in [0.2, 0.25) is 15.9 Å². The van der Waals surface area contributed by atoms with Crippen molar-refractivity contribution in [3.05, 3.63) is 48.3 Å². The number of nitrogens with one attached hydrogen (secondary N) is 1. The third-order valence-electron chi connectivity index (χ3n) is 5.77. The highest BCUT2D eigenvalue weighted by Gasteiger charge is 2.25. The summed E-state index contributed by atoms with van der Waals surface area (Å²) in [6.07, 6.45) is 0. The van der Waals surface area contributed by atoms with Crippen molar-refractivity contribution >= 4 is 27.3 Å². The zero-order valence-corrected chi connectivity index (χ0v) is 18.8. The minimum absolute atomic E-state index is 0.0948. The van der Waals surface area contributed by atoms with Gasteiger partial charge in [0, 0.05) is 46.2 Å². The van der Waals surface area contributed by atoms with Crippen molar-refractivity contribution in [3.63, 3.8) is 0 Å². The van der Waals surface area contributed by atoms with Gasteiger partial charge in [-0.25, -0.2) is 17.5 Å². The molecule has 2 aliphatic rings. The van der Waals surface area contributed by atoms with E-state index in [0.717, 1.165) is 13.1 Å². The number of hydrogen-bond acceptors (Lipinski definition) is 6. The highest BCUT2D eigenvalue weighted by Crippen LogP contribution is 2.33. The van der Waals surface area contributed by atoms with Gasteiger partial charge in [-0.3, -0.25) is 9.69 Å². The molecule has 0 saturated carbocycles. The van der Waals surface area contributed by atoms with Crippen molar-refractivity contribution in [2.75, 3.05) is 62.2 Å². The number of nitrogens with zero attached hydrogens (tertiary/aromatic N) is 3. The molecular formula is C22H27FN4O4S. The van der Waals surface area contributed by atoms with E-state index in [2.05, 4.69) is 9.62 Å². The van der Waals surface area contributed by atoms with E-state index >= 15 is 0 Å². The largest absolute Gasteiger partial charge is 0.490 e. The maximum Gasteiger partial charge on any atom is 0.240 e. The number of sulfonamides is 1. The minimum atomic E-state index is -3.73. The maximum atomic E-state index is 14.0. The number of carbonyl (C=O) groups excluding carboxylic acids is 1. The van der Waals surface area contributed by atoms with E-state index in [9.17, 15) is 17.6 Å². The summed E-state index contributed by atoms with van der Waals surface area (Å²) in [6, 6.07) is 11.3. The number of rotatable bonds is 6. The van der Waals surface area contributed by atoms with Gasteiger partial charge in [0.15, 0.2) is 0 Å². The smallest absolute Gasteiger partial charge is 0.240 e. The quantitative estimate of drug-likeness (QED) is 0.704. The normalized spacial score (nSPS) is 17.1. The van der Waals surface area contributed by atoms with Crippen LogP contribution in [0.25, 0.3) is 0 Å². The summed E-state index contributed by atoms with van der Waals surface area (Å²) in [5, 5.41) is 0. The molecule has 0 atom stereocenters. The van der Waals surface area contributed by atoms with Crippen molar-refractivity contribution < 1.29 is 22.3 Å². The summed E-state index contributed by atoms with van der Waals surface area (Å²) >= 11 is 0. The van der Waals surface area contributed by atoms with Crippen molar-refractivity contribution in [1.29, 1.82) is 0 Å². The second-order valence-electron chi connectivity index (χ2n) is 7.83. The average molecular weight is 463 g/mol. The van der Waals surface area contributed by atoms with Crippen LogP contribution in [0.15, 0.2) is 47.4 Å². The maximum absolute atomic E-state index is 14.0. The molecule has 172 valence electrons. The lowest BCUT2D eigenvalue weighted by Gasteiger charge is -2.36. The van der Waals surface area contributed by atoms with E-state index in [1.165, 1.54) is 30.0 Å². The number of halogens is 1. The van der Waals surface area contributed by atoms with Gasteiger partial charge in [0.25, 0.3) is 0 Å². The van der Waals surface area contributed by atoms with E-state index in [1.54, 1.807) is 18.2 Å². The Morgan fingerprint density at radius 3 is 2.53 bits per heavy atom. The first kappa shape index (κ1) is 22.5. The Bertz CT molecular complexity index is 1090. The third kappa shape index (κ3) is 4.87. The highest BCUT2D eigenvalue weighted by atomic mass is 32.2. The van der Waals surface area contributed by atoms with Crippen LogP contribution in [0, 0.1) is 5.82 Å². The number of hydrogen-bond donors (Lipinski definition) is 1. The number of ether oxygens (including phenoxy) is 1. The topological polar surface area (TPSA) is 82.2 Å². The van der Waals surface area contributed by atoms with Crippen LogP contribution in [0.5, 0.6) is 5.75 Å². The molecule has 10 heteroatoms. The second kappa shape index (κ2) is 9.43. The molecule has 0 bridgehead atoms. The predicted octanol–water partition coefficient (Wildman–Crippen LogP) is 1.67. The van der Waals surface area contributed by atoms with E-state index in [1.807, 2.05) is 11.0 Å². The van der Waals surface area contributed by atoms with Crippen LogP contribution in [0.2, 0.25) is 0 Å². The fraction of sp³-hybridized carbons (Fsp3) is 0.409. The zero-order valence-electron chi connectivity index (χ0n) is 18.0. The third-order valence-corrected chi connectivity index (χ3v) is 7.23. The SMILES string of the molecule is CC(=O)N1CCOc2ccc(S(=O)(=O)NCCN3CCN(c4ccccc4F)CC3)cc21. The first-order valence-electron chi connectivity index (χ1n) is 10.6. The molecule has 0 unspecified atom stereocenters. The first-order valence-corrected chi connectivity index (χ1v) is 12.1. The van der Waals surface area contributed by atoms with Crippen LogP contribution >= 0.6 is 0 Å². The number of carbonyl (C=O) groups is 1. The molecule has 0 radical (unpaired) electrons. The summed E-state index contributed by atoms with van der Waals surface area (Å²) in [4.78, 5) is 17.6. The monoisotopic (exact) mass is 462 g/mol. The Morgan fingerprint density at radius 1 is 1.06 bits per heavy atom. The fourth-order valence-electron chi connectivity index (χ4n) is 4.03. The van der Waals surface area contributed by atoms with Gasteiger partial charge in [-0.05, 0) is 30.3 Å². The van der Waals surface area contributed by atoms with Crippen LogP contribution in [-0.2, 0) is 14.8 Å². The van der Waals surface area contributed by atoms with Crippen LogP contribution in [-0.4, -0.2) is 71.6 Å². The van der Waals surface area contributed by atoms with E-state index in [0.29, 0.717) is 49.9 Å². The standard InChI is InChI=1S/C22H27FN4O4S/c1-17(28)27-14-15-31-22-7-6-18(16-21(22)27)32(29,30)24-8-9-25-10-12-26(13-11-25)20-5-3-2-4-19(20)23/h2-7,16,24H,8-15H2,1H3. The van der Waals surface area contributed by atoms with Gasteiger partial charge in [-0.15, -0.1) is 0 Å². The predicted molar refractivity (Wildman–Crippen MR) is 120 cm³/mol. The summed E-state index contributed by atoms with van der Waals surface area (Å²) in [7, 11) is -3.73. The average Bonchev–Trinajstić information content (AvgIpc) is 2.79. The molecule has 2 aromatic carbocycles. The summed E-state index contributed by atoms with van der Waals surface area (Å²) in [6.45, 7) is 5.82. The van der Waals surface area contributed by atoms with Crippen molar-refractivity contribution in [2.24, 2.45) is 0 Å². The molecule has 0 aromatic heterocycles. The van der Waals surface area contributed by atoms with Gasteiger partial charge in [-0.1, -0.05) is 12.1 Å². The molecule has 2 heterocycles. The Kier molecular flexibility index (Phi) is 6.63. The zero-order chi connectivity index (χ0) is 22.7. The molecule has 8 nitrogen and oxygen atoms in total. The molecule has 4 rings (SSSR count). The summed E-state index contributed by atoms with van der Waals surface area (Å²) in [5.74, 6) is 0.109. The molecule has 0 aliphatic carbocycles. The molecule has 32 heavy (non-hydrogen) atoms. The first-order chi connectivity index (χ1) is 15.3. The fourth-order valence-corrected chi connectivity index (χ4v) is 5.07. The molecule has 2 aromatic rings. The Balaban J connectivity index is 1.32. The van der Waals surface area contributed by atoms with Crippen molar-refractivity contribution in [3.8, 4) is 5.75 Å². The highest BCUT2D eigenvalue weighted by molar-refractivity contribution is 7.89. The number of amides is 1. The van der Waals surface area contributed by atoms with Gasteiger partial charge in [-0.2, -0.15) is 0 Å². The molecule has 1 N–H and O–H groups in total. The minimum Gasteiger partial charge on any atom is -0.490 e. The molecule has 1 fully saturated rings. The molecular weight excluding hydrogens is 435 g/mol. The number of para-hydroxylation sites is 1. The summed E-state index contributed by atoms with van der Waals surface area (Å²) in [5.41, 5.74) is 1.07. The van der Waals surface area contributed by atoms with Gasteiger partial charge < -0.3 is 14.5 Å². The van der Waals surface area contributed by atoms with Gasteiger partial charge in [0.1, 0.15) is 18.2 Å². The number of benzene rings is 2. The molecule has 0 spiro atoms. The Labute approximate surface area is 187 Å². The summed E-state index contributed by atoms with van der Waals surface area (Å²) < 4.78 is 47.7. The molecule has 2 aliphatic heterocycles. The number of piperazine rings is 1. The van der Waals surface area contributed by atoms with Crippen LogP contribution in [0.1, 0.15) is 6.92 Å². The molecule has 1 saturated heterocycles. The van der Waals surface area contributed by atoms with Gasteiger partial charge in [0.05, 0.1) is 22.8 Å². The van der Waals surface area contributed by atoms with E-state index in [4.69, 9.17) is 4.74 Å². The lowest BCUT2D eigenvalue weighted by molar-refractivity contribution is -0.116. The van der Waals surface area contributed by atoms with Crippen LogP contribution in [0.3, 0.4) is 0 Å². The number of anilines is 2. The lowest BCUT2D eigenvalue weighted by Crippen LogP contribution is -2.48. The molecule has 1 amide bonds. The Morgan fingerprint density at radius 2 is 1.81 bits per heavy atom. The second-order valence-corrected chi connectivity index (χ2v) is 9.59. The van der Waals surface area contributed by atoms with Gasteiger partial charge >= 0.3 is 0 Å². The van der Waals surface area contributed by atoms with E-state index in [-0.39, 0.29) is 23.2 Å². The lowest BCUT2D eigenvalue weighted by atomic mass is 10.2. The van der Waals surface area contributed by atoms with Crippen molar-refractivity contribution in [2.45, 2.75) is 11.8 Å². The van der Waals surface area contributed by atoms with E-state index < -0.39 is 10.0 Å². The van der Waals surface area contributed by atoms with Crippen LogP contribution < -0.4 is 19.3 Å². The van der Waals surface area contributed by atoms with Crippen molar-refractivity contribution in [1.82, 2.24) is 9.62 Å². The Hall–Kier alpha value is -2.69. The van der Waals surface area contributed by atoms with Crippen LogP contribution in [0.4, 0.5) is 15.8 Å².